The zero-order valence-corrected chi connectivity index (χ0v) is 9.77. The highest BCUT2D eigenvalue weighted by Crippen LogP contribution is 2.51. The molecule has 0 aromatic heterocycles. The molecule has 0 aliphatic heterocycles. The zero-order chi connectivity index (χ0) is 13.1. The molecule has 2 aliphatic carbocycles. The Morgan fingerprint density at radius 2 is 1.06 bits per heavy atom. The van der Waals surface area contributed by atoms with E-state index in [1.807, 2.05) is 24.3 Å². The summed E-state index contributed by atoms with van der Waals surface area (Å²) in [5.41, 5.74) is 2.30. The standard InChI is InChI=1S/C14H10N4/c15-5-9(6-16)11-1-3-13-12(2-4-14(11)13)10(7-17)8-18/h13-14H,1-4H2/t13-,14-/m0/s1. The summed E-state index contributed by atoms with van der Waals surface area (Å²) < 4.78 is 0. The molecular weight excluding hydrogens is 224 g/mol. The number of hydrogen-bond donors (Lipinski definition) is 0. The number of rotatable bonds is 0. The van der Waals surface area contributed by atoms with Gasteiger partial charge in [-0.3, -0.25) is 0 Å². The van der Waals surface area contributed by atoms with E-state index in [1.54, 1.807) is 0 Å². The SMILES string of the molecule is N#CC(C#N)=C1CC[C@H]2C(=C(C#N)C#N)CC[C@@H]12. The summed E-state index contributed by atoms with van der Waals surface area (Å²) in [6, 6.07) is 7.80. The van der Waals surface area contributed by atoms with Crippen LogP contribution >= 0.6 is 0 Å². The molecule has 0 unspecified atom stereocenters. The highest BCUT2D eigenvalue weighted by molar-refractivity contribution is 5.48. The van der Waals surface area contributed by atoms with Crippen LogP contribution in [0.1, 0.15) is 25.7 Å². The number of fused-ring (bicyclic) bond motifs is 1. The van der Waals surface area contributed by atoms with Gasteiger partial charge in [0, 0.05) is 0 Å². The fourth-order valence-electron chi connectivity index (χ4n) is 3.19. The second kappa shape index (κ2) is 4.75. The lowest BCUT2D eigenvalue weighted by Crippen LogP contribution is -2.04. The molecule has 2 rings (SSSR count). The Labute approximate surface area is 106 Å². The lowest BCUT2D eigenvalue weighted by molar-refractivity contribution is 0.542. The van der Waals surface area contributed by atoms with E-state index in [0.717, 1.165) is 36.8 Å². The van der Waals surface area contributed by atoms with Gasteiger partial charge in [-0.2, -0.15) is 21.0 Å². The first-order valence-electron chi connectivity index (χ1n) is 5.83. The summed E-state index contributed by atoms with van der Waals surface area (Å²) in [6.07, 6.45) is 3.16. The Bertz CT molecular complexity index is 522. The number of nitriles is 4. The quantitative estimate of drug-likeness (QED) is 0.601. The van der Waals surface area contributed by atoms with E-state index in [0.29, 0.717) is 0 Å². The van der Waals surface area contributed by atoms with E-state index in [2.05, 4.69) is 0 Å². The van der Waals surface area contributed by atoms with Crippen LogP contribution in [0.4, 0.5) is 0 Å². The van der Waals surface area contributed by atoms with Gasteiger partial charge >= 0.3 is 0 Å². The van der Waals surface area contributed by atoms with Gasteiger partial charge < -0.3 is 0 Å². The summed E-state index contributed by atoms with van der Waals surface area (Å²) in [5.74, 6) is 0.372. The third kappa shape index (κ3) is 1.66. The highest BCUT2D eigenvalue weighted by atomic mass is 14.5. The zero-order valence-electron chi connectivity index (χ0n) is 9.77. The number of allylic oxidation sites excluding steroid dienone is 4. The molecular formula is C14H10N4. The van der Waals surface area contributed by atoms with Crippen LogP contribution in [0.5, 0.6) is 0 Å². The first-order valence-corrected chi connectivity index (χ1v) is 5.83. The van der Waals surface area contributed by atoms with Gasteiger partial charge in [-0.1, -0.05) is 0 Å². The minimum Gasteiger partial charge on any atom is -0.192 e. The van der Waals surface area contributed by atoms with Gasteiger partial charge in [0.2, 0.25) is 0 Å². The molecule has 2 aliphatic rings. The van der Waals surface area contributed by atoms with Crippen molar-refractivity contribution in [2.75, 3.05) is 0 Å². The van der Waals surface area contributed by atoms with Crippen molar-refractivity contribution >= 4 is 0 Å². The lowest BCUT2D eigenvalue weighted by atomic mass is 9.91. The van der Waals surface area contributed by atoms with E-state index in [-0.39, 0.29) is 23.0 Å². The van der Waals surface area contributed by atoms with Crippen LogP contribution in [0.25, 0.3) is 0 Å². The maximum Gasteiger partial charge on any atom is 0.129 e. The molecule has 0 saturated heterocycles. The lowest BCUT2D eigenvalue weighted by Gasteiger charge is -2.11. The summed E-state index contributed by atoms with van der Waals surface area (Å²) in [5, 5.41) is 35.7. The first kappa shape index (κ1) is 11.9. The molecule has 18 heavy (non-hydrogen) atoms. The van der Waals surface area contributed by atoms with Crippen molar-refractivity contribution in [1.82, 2.24) is 0 Å². The average molecular weight is 234 g/mol. The third-order valence-corrected chi connectivity index (χ3v) is 3.92. The van der Waals surface area contributed by atoms with Gasteiger partial charge in [-0.25, -0.2) is 0 Å². The van der Waals surface area contributed by atoms with Crippen LogP contribution in [0.15, 0.2) is 22.3 Å². The topological polar surface area (TPSA) is 95.2 Å². The Morgan fingerprint density at radius 3 is 1.33 bits per heavy atom. The van der Waals surface area contributed by atoms with Crippen molar-refractivity contribution in [1.29, 1.82) is 21.0 Å². The van der Waals surface area contributed by atoms with E-state index in [1.165, 1.54) is 0 Å². The predicted molar refractivity (Wildman–Crippen MR) is 62.0 cm³/mol. The molecule has 0 radical (unpaired) electrons. The molecule has 0 bridgehead atoms. The molecule has 86 valence electrons. The molecule has 4 heteroatoms. The molecule has 0 N–H and O–H groups in total. The van der Waals surface area contributed by atoms with Crippen molar-refractivity contribution in [2.45, 2.75) is 25.7 Å². The monoisotopic (exact) mass is 234 g/mol. The molecule has 0 aromatic carbocycles. The van der Waals surface area contributed by atoms with Gasteiger partial charge in [0.15, 0.2) is 0 Å². The van der Waals surface area contributed by atoms with Crippen molar-refractivity contribution in [3.05, 3.63) is 22.3 Å². The van der Waals surface area contributed by atoms with Crippen molar-refractivity contribution in [2.24, 2.45) is 11.8 Å². The normalized spacial score (nSPS) is 24.4. The molecule has 2 atom stereocenters. The van der Waals surface area contributed by atoms with E-state index >= 15 is 0 Å². The molecule has 4 nitrogen and oxygen atoms in total. The molecule has 2 fully saturated rings. The maximum absolute atomic E-state index is 8.93. The van der Waals surface area contributed by atoms with Crippen molar-refractivity contribution < 1.29 is 0 Å². The molecule has 0 spiro atoms. The fraction of sp³-hybridized carbons (Fsp3) is 0.429. The highest BCUT2D eigenvalue weighted by Gasteiger charge is 2.41. The van der Waals surface area contributed by atoms with Gasteiger partial charge in [-0.05, 0) is 48.7 Å². The summed E-state index contributed by atoms with van der Waals surface area (Å²) in [7, 11) is 0. The third-order valence-electron chi connectivity index (χ3n) is 3.92. The number of hydrogen-bond acceptors (Lipinski definition) is 4. The molecule has 0 aromatic rings. The van der Waals surface area contributed by atoms with Crippen LogP contribution in [0.3, 0.4) is 0 Å². The van der Waals surface area contributed by atoms with E-state index < -0.39 is 0 Å². The summed E-state index contributed by atoms with van der Waals surface area (Å²) in [4.78, 5) is 0. The van der Waals surface area contributed by atoms with Gasteiger partial charge in [0.1, 0.15) is 35.4 Å². The van der Waals surface area contributed by atoms with Crippen molar-refractivity contribution in [3.8, 4) is 24.3 Å². The van der Waals surface area contributed by atoms with Gasteiger partial charge in [-0.15, -0.1) is 0 Å². The van der Waals surface area contributed by atoms with Crippen LogP contribution < -0.4 is 0 Å². The Balaban J connectivity index is 2.42. The Hall–Kier alpha value is -2.56. The largest absolute Gasteiger partial charge is 0.192 e. The van der Waals surface area contributed by atoms with Crippen LogP contribution in [0, 0.1) is 57.2 Å². The van der Waals surface area contributed by atoms with E-state index in [4.69, 9.17) is 21.0 Å². The Kier molecular flexibility index (Phi) is 3.14. The number of nitrogens with zero attached hydrogens (tertiary/aromatic N) is 4. The second-order valence-electron chi connectivity index (χ2n) is 4.54. The van der Waals surface area contributed by atoms with Crippen molar-refractivity contribution in [3.63, 3.8) is 0 Å². The summed E-state index contributed by atoms with van der Waals surface area (Å²) in [6.45, 7) is 0. The van der Waals surface area contributed by atoms with Gasteiger partial charge in [0.25, 0.3) is 0 Å². The molecule has 0 amide bonds. The average Bonchev–Trinajstić information content (AvgIpc) is 2.96. The van der Waals surface area contributed by atoms with Crippen LogP contribution in [-0.2, 0) is 0 Å². The van der Waals surface area contributed by atoms with E-state index in [9.17, 15) is 0 Å². The fourth-order valence-corrected chi connectivity index (χ4v) is 3.19. The Morgan fingerprint density at radius 1 is 0.722 bits per heavy atom. The molecule has 0 heterocycles. The predicted octanol–water partition coefficient (Wildman–Crippen LogP) is 2.49. The minimum absolute atomic E-state index is 0.186. The summed E-state index contributed by atoms with van der Waals surface area (Å²) >= 11 is 0. The molecule has 2 saturated carbocycles. The van der Waals surface area contributed by atoms with Crippen LogP contribution in [-0.4, -0.2) is 0 Å². The second-order valence-corrected chi connectivity index (χ2v) is 4.54. The smallest absolute Gasteiger partial charge is 0.129 e. The van der Waals surface area contributed by atoms with Gasteiger partial charge in [0.05, 0.1) is 0 Å². The first-order chi connectivity index (χ1) is 8.76. The van der Waals surface area contributed by atoms with Crippen LogP contribution in [0.2, 0.25) is 0 Å². The minimum atomic E-state index is 0.186. The maximum atomic E-state index is 8.93.